The average Bonchev–Trinajstić information content (AvgIpc) is 2.42. The van der Waals surface area contributed by atoms with E-state index < -0.39 is 5.41 Å². The van der Waals surface area contributed by atoms with Crippen LogP contribution in [0, 0.1) is 12.7 Å². The molecule has 1 aromatic rings. The molecule has 1 aliphatic heterocycles. The molecule has 1 N–H and O–H groups in total. The summed E-state index contributed by atoms with van der Waals surface area (Å²) < 4.78 is 18.8. The largest absolute Gasteiger partial charge is 0.465 e. The number of halogens is 1. The van der Waals surface area contributed by atoms with Crippen LogP contribution in [0.3, 0.4) is 0 Å². The minimum atomic E-state index is -0.701. The summed E-state index contributed by atoms with van der Waals surface area (Å²) in [7, 11) is 0. The van der Waals surface area contributed by atoms with E-state index in [1.54, 1.807) is 13.0 Å². The zero-order valence-corrected chi connectivity index (χ0v) is 11.5. The van der Waals surface area contributed by atoms with Crippen LogP contribution in [0.5, 0.6) is 0 Å². The second kappa shape index (κ2) is 5.70. The standard InChI is InChI=1S/C15H20FNO2/c1-3-19-14(18)15(6-8-17-9-7-15)13-10-12(16)5-4-11(13)2/h4-5,10,17H,3,6-9H2,1-2H3. The minimum Gasteiger partial charge on any atom is -0.465 e. The Morgan fingerprint density at radius 1 is 1.42 bits per heavy atom. The van der Waals surface area contributed by atoms with Crippen LogP contribution in [0.4, 0.5) is 4.39 Å². The molecule has 4 heteroatoms. The molecule has 104 valence electrons. The van der Waals surface area contributed by atoms with Gasteiger partial charge in [0.1, 0.15) is 5.82 Å². The van der Waals surface area contributed by atoms with Gasteiger partial charge in [-0.05, 0) is 63.0 Å². The third-order valence-electron chi connectivity index (χ3n) is 3.84. The molecule has 0 spiro atoms. The maximum absolute atomic E-state index is 13.6. The van der Waals surface area contributed by atoms with Crippen LogP contribution in [0.2, 0.25) is 0 Å². The van der Waals surface area contributed by atoms with E-state index in [-0.39, 0.29) is 11.8 Å². The van der Waals surface area contributed by atoms with E-state index in [9.17, 15) is 9.18 Å². The van der Waals surface area contributed by atoms with E-state index in [4.69, 9.17) is 4.74 Å². The van der Waals surface area contributed by atoms with E-state index in [1.165, 1.54) is 12.1 Å². The first-order valence-electron chi connectivity index (χ1n) is 6.75. The van der Waals surface area contributed by atoms with Crippen molar-refractivity contribution in [1.82, 2.24) is 5.32 Å². The lowest BCUT2D eigenvalue weighted by molar-refractivity contribution is -0.151. The molecule has 0 amide bonds. The fourth-order valence-corrected chi connectivity index (χ4v) is 2.82. The number of hydrogen-bond acceptors (Lipinski definition) is 3. The molecule has 1 heterocycles. The van der Waals surface area contributed by atoms with Gasteiger partial charge >= 0.3 is 5.97 Å². The summed E-state index contributed by atoms with van der Waals surface area (Å²) in [4.78, 5) is 12.4. The molecule has 19 heavy (non-hydrogen) atoms. The molecule has 1 fully saturated rings. The maximum atomic E-state index is 13.6. The number of aryl methyl sites for hydroxylation is 1. The molecule has 0 aliphatic carbocycles. The Balaban J connectivity index is 2.47. The normalized spacial score (nSPS) is 18.1. The van der Waals surface area contributed by atoms with E-state index in [2.05, 4.69) is 5.32 Å². The Labute approximate surface area is 113 Å². The first-order chi connectivity index (χ1) is 9.10. The number of carbonyl (C=O) groups excluding carboxylic acids is 1. The molecule has 0 radical (unpaired) electrons. The van der Waals surface area contributed by atoms with Gasteiger partial charge in [0.25, 0.3) is 0 Å². The molecule has 1 saturated heterocycles. The smallest absolute Gasteiger partial charge is 0.316 e. The summed E-state index contributed by atoms with van der Waals surface area (Å²) in [5, 5.41) is 3.24. The predicted octanol–water partition coefficient (Wildman–Crippen LogP) is 2.32. The van der Waals surface area contributed by atoms with E-state index >= 15 is 0 Å². The Kier molecular flexibility index (Phi) is 4.20. The Bertz CT molecular complexity index is 467. The number of esters is 1. The van der Waals surface area contributed by atoms with Crippen molar-refractivity contribution in [2.45, 2.75) is 32.1 Å². The SMILES string of the molecule is CCOC(=O)C1(c2cc(F)ccc2C)CCNCC1. The molecule has 0 unspecified atom stereocenters. The molecule has 0 atom stereocenters. The van der Waals surface area contributed by atoms with Gasteiger partial charge in [0.15, 0.2) is 0 Å². The Morgan fingerprint density at radius 2 is 2.11 bits per heavy atom. The summed E-state index contributed by atoms with van der Waals surface area (Å²) in [6, 6.07) is 4.64. The van der Waals surface area contributed by atoms with Crippen LogP contribution in [-0.4, -0.2) is 25.7 Å². The molecule has 0 saturated carbocycles. The van der Waals surface area contributed by atoms with Crippen LogP contribution < -0.4 is 5.32 Å². The Morgan fingerprint density at radius 3 is 2.74 bits per heavy atom. The number of carbonyl (C=O) groups is 1. The first-order valence-corrected chi connectivity index (χ1v) is 6.75. The number of hydrogen-bond donors (Lipinski definition) is 1. The monoisotopic (exact) mass is 265 g/mol. The summed E-state index contributed by atoms with van der Waals surface area (Å²) >= 11 is 0. The zero-order valence-electron chi connectivity index (χ0n) is 11.5. The maximum Gasteiger partial charge on any atom is 0.316 e. The van der Waals surface area contributed by atoms with Gasteiger partial charge in [-0.3, -0.25) is 4.79 Å². The van der Waals surface area contributed by atoms with Crippen LogP contribution >= 0.6 is 0 Å². The van der Waals surface area contributed by atoms with Crippen molar-refractivity contribution in [3.05, 3.63) is 35.1 Å². The lowest BCUT2D eigenvalue weighted by Gasteiger charge is -2.36. The Hall–Kier alpha value is -1.42. The van der Waals surface area contributed by atoms with Gasteiger partial charge in [0, 0.05) is 0 Å². The van der Waals surface area contributed by atoms with Crippen molar-refractivity contribution >= 4 is 5.97 Å². The molecular weight excluding hydrogens is 245 g/mol. The van der Waals surface area contributed by atoms with Crippen LogP contribution in [0.15, 0.2) is 18.2 Å². The second-order valence-electron chi connectivity index (χ2n) is 5.01. The van der Waals surface area contributed by atoms with Gasteiger partial charge in [-0.1, -0.05) is 6.07 Å². The lowest BCUT2D eigenvalue weighted by atomic mass is 9.71. The van der Waals surface area contributed by atoms with Crippen molar-refractivity contribution in [2.75, 3.05) is 19.7 Å². The predicted molar refractivity (Wildman–Crippen MR) is 71.6 cm³/mol. The highest BCUT2D eigenvalue weighted by Gasteiger charge is 2.43. The minimum absolute atomic E-state index is 0.231. The van der Waals surface area contributed by atoms with Crippen molar-refractivity contribution in [3.63, 3.8) is 0 Å². The van der Waals surface area contributed by atoms with Crippen molar-refractivity contribution in [2.24, 2.45) is 0 Å². The van der Waals surface area contributed by atoms with Gasteiger partial charge in [0.2, 0.25) is 0 Å². The number of nitrogens with one attached hydrogen (secondary N) is 1. The van der Waals surface area contributed by atoms with Crippen LogP contribution in [0.1, 0.15) is 30.9 Å². The summed E-state index contributed by atoms with van der Waals surface area (Å²) in [6.07, 6.45) is 1.30. The second-order valence-corrected chi connectivity index (χ2v) is 5.01. The highest BCUT2D eigenvalue weighted by atomic mass is 19.1. The van der Waals surface area contributed by atoms with Gasteiger partial charge in [-0.2, -0.15) is 0 Å². The molecule has 3 nitrogen and oxygen atoms in total. The molecule has 0 bridgehead atoms. The molecule has 2 rings (SSSR count). The van der Waals surface area contributed by atoms with E-state index in [0.29, 0.717) is 19.4 Å². The van der Waals surface area contributed by atoms with Crippen molar-refractivity contribution in [3.8, 4) is 0 Å². The van der Waals surface area contributed by atoms with Crippen molar-refractivity contribution in [1.29, 1.82) is 0 Å². The number of rotatable bonds is 3. The highest BCUT2D eigenvalue weighted by Crippen LogP contribution is 2.37. The molecular formula is C15H20FNO2. The number of ether oxygens (including phenoxy) is 1. The zero-order chi connectivity index (χ0) is 13.9. The van der Waals surface area contributed by atoms with Gasteiger partial charge in [-0.25, -0.2) is 4.39 Å². The average molecular weight is 265 g/mol. The van der Waals surface area contributed by atoms with E-state index in [0.717, 1.165) is 24.2 Å². The summed E-state index contributed by atoms with van der Waals surface area (Å²) in [5.41, 5.74) is 1.01. The van der Waals surface area contributed by atoms with E-state index in [1.807, 2.05) is 6.92 Å². The van der Waals surface area contributed by atoms with Gasteiger partial charge < -0.3 is 10.1 Å². The van der Waals surface area contributed by atoms with Gasteiger partial charge in [-0.15, -0.1) is 0 Å². The summed E-state index contributed by atoms with van der Waals surface area (Å²) in [6.45, 7) is 5.55. The third-order valence-corrected chi connectivity index (χ3v) is 3.84. The van der Waals surface area contributed by atoms with Crippen LogP contribution in [0.25, 0.3) is 0 Å². The topological polar surface area (TPSA) is 38.3 Å². The number of benzene rings is 1. The fraction of sp³-hybridized carbons (Fsp3) is 0.533. The van der Waals surface area contributed by atoms with Crippen molar-refractivity contribution < 1.29 is 13.9 Å². The highest BCUT2D eigenvalue weighted by molar-refractivity contribution is 5.84. The molecule has 0 aromatic heterocycles. The first kappa shape index (κ1) is 14.0. The summed E-state index contributed by atoms with van der Waals surface area (Å²) in [5.74, 6) is -0.534. The number of piperidine rings is 1. The lowest BCUT2D eigenvalue weighted by Crippen LogP contribution is -2.47. The fourth-order valence-electron chi connectivity index (χ4n) is 2.82. The third kappa shape index (κ3) is 2.63. The van der Waals surface area contributed by atoms with Crippen LogP contribution in [-0.2, 0) is 14.9 Å². The van der Waals surface area contributed by atoms with Gasteiger partial charge in [0.05, 0.1) is 12.0 Å². The quantitative estimate of drug-likeness (QED) is 0.852. The molecule has 1 aliphatic rings. The molecule has 1 aromatic carbocycles.